The predicted molar refractivity (Wildman–Crippen MR) is 48.2 cm³/mol. The molecule has 1 heterocycles. The van der Waals surface area contributed by atoms with Gasteiger partial charge in [-0.1, -0.05) is 0 Å². The van der Waals surface area contributed by atoms with Crippen LogP contribution in [0.3, 0.4) is 0 Å². The normalized spacial score (nSPS) is 20.9. The standard InChI is InChI=1S/C8H12N2O5/c1-15-5-4-6(11)10(7(5)12)3-2-9-8(13)14/h5,9H,2-4H2,1H3,(H,13,14)/t5-/m0/s1. The molecule has 1 rings (SSSR count). The average Bonchev–Trinajstić information content (AvgIpc) is 2.44. The van der Waals surface area contributed by atoms with E-state index in [1.807, 2.05) is 0 Å². The summed E-state index contributed by atoms with van der Waals surface area (Å²) in [7, 11) is 1.36. The van der Waals surface area contributed by atoms with Gasteiger partial charge in [0, 0.05) is 20.2 Å². The molecule has 7 heteroatoms. The minimum Gasteiger partial charge on any atom is -0.465 e. The Balaban J connectivity index is 2.44. The molecule has 0 aromatic carbocycles. The molecular formula is C8H12N2O5. The zero-order valence-corrected chi connectivity index (χ0v) is 8.23. The number of likely N-dealkylation sites (tertiary alicyclic amines) is 1. The molecule has 0 radical (unpaired) electrons. The second-order valence-electron chi connectivity index (χ2n) is 3.04. The van der Waals surface area contributed by atoms with Crippen molar-refractivity contribution in [1.82, 2.24) is 10.2 Å². The Hall–Kier alpha value is -1.63. The first-order valence-corrected chi connectivity index (χ1v) is 4.40. The molecule has 0 aromatic rings. The molecule has 1 aliphatic rings. The fraction of sp³-hybridized carbons (Fsp3) is 0.625. The Morgan fingerprint density at radius 1 is 1.67 bits per heavy atom. The van der Waals surface area contributed by atoms with Gasteiger partial charge in [0.15, 0.2) is 0 Å². The van der Waals surface area contributed by atoms with Gasteiger partial charge in [0.05, 0.1) is 6.42 Å². The highest BCUT2D eigenvalue weighted by Gasteiger charge is 2.38. The fourth-order valence-electron chi connectivity index (χ4n) is 1.35. The third-order valence-corrected chi connectivity index (χ3v) is 2.10. The Kier molecular flexibility index (Phi) is 3.62. The summed E-state index contributed by atoms with van der Waals surface area (Å²) in [5, 5.41) is 10.4. The van der Waals surface area contributed by atoms with Crippen molar-refractivity contribution in [2.24, 2.45) is 0 Å². The van der Waals surface area contributed by atoms with E-state index in [-0.39, 0.29) is 25.4 Å². The van der Waals surface area contributed by atoms with Crippen LogP contribution < -0.4 is 5.32 Å². The van der Waals surface area contributed by atoms with Crippen LogP contribution in [-0.4, -0.2) is 54.2 Å². The van der Waals surface area contributed by atoms with E-state index in [9.17, 15) is 14.4 Å². The van der Waals surface area contributed by atoms with Crippen molar-refractivity contribution in [3.8, 4) is 0 Å². The van der Waals surface area contributed by atoms with Gasteiger partial charge in [-0.05, 0) is 0 Å². The molecule has 1 fully saturated rings. The summed E-state index contributed by atoms with van der Waals surface area (Å²) < 4.78 is 4.80. The Morgan fingerprint density at radius 3 is 2.80 bits per heavy atom. The van der Waals surface area contributed by atoms with E-state index in [0.29, 0.717) is 0 Å². The maximum Gasteiger partial charge on any atom is 0.404 e. The van der Waals surface area contributed by atoms with E-state index in [4.69, 9.17) is 9.84 Å². The quantitative estimate of drug-likeness (QED) is 0.589. The van der Waals surface area contributed by atoms with Crippen molar-refractivity contribution in [1.29, 1.82) is 0 Å². The Morgan fingerprint density at radius 2 is 2.33 bits per heavy atom. The van der Waals surface area contributed by atoms with Gasteiger partial charge in [-0.2, -0.15) is 0 Å². The molecule has 0 aliphatic carbocycles. The van der Waals surface area contributed by atoms with Crippen LogP contribution in [0, 0.1) is 0 Å². The van der Waals surface area contributed by atoms with Crippen LogP contribution in [0.5, 0.6) is 0 Å². The third-order valence-electron chi connectivity index (χ3n) is 2.10. The van der Waals surface area contributed by atoms with Crippen molar-refractivity contribution < 1.29 is 24.2 Å². The monoisotopic (exact) mass is 216 g/mol. The lowest BCUT2D eigenvalue weighted by atomic mass is 10.3. The second kappa shape index (κ2) is 4.74. The van der Waals surface area contributed by atoms with Crippen LogP contribution in [0.1, 0.15) is 6.42 Å². The molecule has 1 atom stereocenters. The van der Waals surface area contributed by atoms with Crippen molar-refractivity contribution in [3.05, 3.63) is 0 Å². The van der Waals surface area contributed by atoms with Gasteiger partial charge in [0.2, 0.25) is 5.91 Å². The highest BCUT2D eigenvalue weighted by Crippen LogP contribution is 2.14. The zero-order chi connectivity index (χ0) is 11.4. The summed E-state index contributed by atoms with van der Waals surface area (Å²) in [6, 6.07) is 0. The van der Waals surface area contributed by atoms with Gasteiger partial charge in [-0.25, -0.2) is 4.79 Å². The SMILES string of the molecule is CO[C@H]1CC(=O)N(CCNC(=O)O)C1=O. The number of rotatable bonds is 4. The molecule has 1 saturated heterocycles. The summed E-state index contributed by atoms with van der Waals surface area (Å²) in [4.78, 5) is 33.8. The van der Waals surface area contributed by atoms with Crippen LogP contribution in [0.2, 0.25) is 0 Å². The van der Waals surface area contributed by atoms with E-state index in [1.165, 1.54) is 7.11 Å². The summed E-state index contributed by atoms with van der Waals surface area (Å²) in [5.41, 5.74) is 0. The topological polar surface area (TPSA) is 95.9 Å². The number of nitrogens with zero attached hydrogens (tertiary/aromatic N) is 1. The molecule has 15 heavy (non-hydrogen) atoms. The van der Waals surface area contributed by atoms with E-state index >= 15 is 0 Å². The number of carbonyl (C=O) groups is 3. The van der Waals surface area contributed by atoms with E-state index in [0.717, 1.165) is 4.90 Å². The van der Waals surface area contributed by atoms with Gasteiger partial charge < -0.3 is 15.2 Å². The molecule has 84 valence electrons. The van der Waals surface area contributed by atoms with Crippen LogP contribution in [-0.2, 0) is 14.3 Å². The second-order valence-corrected chi connectivity index (χ2v) is 3.04. The van der Waals surface area contributed by atoms with Crippen molar-refractivity contribution in [3.63, 3.8) is 0 Å². The van der Waals surface area contributed by atoms with E-state index < -0.39 is 18.1 Å². The molecule has 0 aromatic heterocycles. The third kappa shape index (κ3) is 2.66. The lowest BCUT2D eigenvalue weighted by Gasteiger charge is -2.13. The first-order chi connectivity index (χ1) is 7.06. The van der Waals surface area contributed by atoms with E-state index in [2.05, 4.69) is 5.32 Å². The summed E-state index contributed by atoms with van der Waals surface area (Å²) in [5.74, 6) is -0.742. The number of carboxylic acid groups (broad SMARTS) is 1. The molecule has 0 spiro atoms. The van der Waals surface area contributed by atoms with Crippen molar-refractivity contribution >= 4 is 17.9 Å². The van der Waals surface area contributed by atoms with Crippen LogP contribution in [0.15, 0.2) is 0 Å². The smallest absolute Gasteiger partial charge is 0.404 e. The summed E-state index contributed by atoms with van der Waals surface area (Å²) in [6.07, 6.45) is -1.87. The first-order valence-electron chi connectivity index (χ1n) is 4.40. The molecular weight excluding hydrogens is 204 g/mol. The zero-order valence-electron chi connectivity index (χ0n) is 8.23. The van der Waals surface area contributed by atoms with Crippen molar-refractivity contribution in [2.75, 3.05) is 20.2 Å². The molecule has 7 nitrogen and oxygen atoms in total. The number of carbonyl (C=O) groups excluding carboxylic acids is 2. The lowest BCUT2D eigenvalue weighted by molar-refractivity contribution is -0.141. The molecule has 0 saturated carbocycles. The predicted octanol–water partition coefficient (Wildman–Crippen LogP) is -0.972. The number of hydrogen-bond donors (Lipinski definition) is 2. The van der Waals surface area contributed by atoms with Gasteiger partial charge >= 0.3 is 6.09 Å². The number of nitrogens with one attached hydrogen (secondary N) is 1. The number of amides is 3. The molecule has 2 N–H and O–H groups in total. The minimum absolute atomic E-state index is 0.0302. The molecule has 3 amide bonds. The lowest BCUT2D eigenvalue weighted by Crippen LogP contribution is -2.39. The maximum atomic E-state index is 11.4. The number of methoxy groups -OCH3 is 1. The Bertz CT molecular complexity index is 291. The van der Waals surface area contributed by atoms with E-state index in [1.54, 1.807) is 0 Å². The minimum atomic E-state index is -1.18. The molecule has 1 aliphatic heterocycles. The van der Waals surface area contributed by atoms with Gasteiger partial charge in [-0.3, -0.25) is 14.5 Å². The van der Waals surface area contributed by atoms with Crippen LogP contribution >= 0.6 is 0 Å². The number of ether oxygens (including phenoxy) is 1. The maximum absolute atomic E-state index is 11.4. The largest absolute Gasteiger partial charge is 0.465 e. The number of hydrogen-bond acceptors (Lipinski definition) is 4. The Labute approximate surface area is 86.0 Å². The fourth-order valence-corrected chi connectivity index (χ4v) is 1.35. The van der Waals surface area contributed by atoms with Gasteiger partial charge in [0.1, 0.15) is 6.10 Å². The van der Waals surface area contributed by atoms with Gasteiger partial charge in [-0.15, -0.1) is 0 Å². The first kappa shape index (κ1) is 11.4. The van der Waals surface area contributed by atoms with Crippen LogP contribution in [0.4, 0.5) is 4.79 Å². The molecule has 0 bridgehead atoms. The summed E-state index contributed by atoms with van der Waals surface area (Å²) >= 11 is 0. The highest BCUT2D eigenvalue weighted by atomic mass is 16.5. The number of imide groups is 1. The summed E-state index contributed by atoms with van der Waals surface area (Å²) in [6.45, 7) is 0.0765. The van der Waals surface area contributed by atoms with Crippen LogP contribution in [0.25, 0.3) is 0 Å². The molecule has 0 unspecified atom stereocenters. The van der Waals surface area contributed by atoms with Gasteiger partial charge in [0.25, 0.3) is 5.91 Å². The highest BCUT2D eigenvalue weighted by molar-refractivity contribution is 6.05. The average molecular weight is 216 g/mol. The van der Waals surface area contributed by atoms with Crippen molar-refractivity contribution in [2.45, 2.75) is 12.5 Å².